The molecule has 0 aromatic heterocycles. The largest absolute Gasteiger partial charge is 0.468 e. The van der Waals surface area contributed by atoms with Crippen molar-refractivity contribution in [2.45, 2.75) is 57.1 Å². The number of ether oxygens (including phenoxy) is 3. The van der Waals surface area contributed by atoms with Crippen LogP contribution in [0.5, 0.6) is 0 Å². The minimum atomic E-state index is -0.507. The van der Waals surface area contributed by atoms with Crippen LogP contribution >= 0.6 is 0 Å². The Morgan fingerprint density at radius 2 is 2.00 bits per heavy atom. The van der Waals surface area contributed by atoms with Gasteiger partial charge in [-0.25, -0.2) is 4.79 Å². The first-order chi connectivity index (χ1) is 13.4. The van der Waals surface area contributed by atoms with E-state index in [2.05, 4.69) is 13.8 Å². The molecule has 0 aliphatic carbocycles. The van der Waals surface area contributed by atoms with Gasteiger partial charge in [-0.15, -0.1) is 0 Å². The third-order valence-corrected chi connectivity index (χ3v) is 5.71. The molecule has 6 heteroatoms. The van der Waals surface area contributed by atoms with Crippen LogP contribution in [0.4, 0.5) is 4.79 Å². The number of esters is 1. The molecular formula is C22H31NO5. The molecule has 154 valence electrons. The Morgan fingerprint density at radius 3 is 2.64 bits per heavy atom. The highest BCUT2D eigenvalue weighted by atomic mass is 16.6. The van der Waals surface area contributed by atoms with Gasteiger partial charge in [-0.05, 0) is 45.1 Å². The van der Waals surface area contributed by atoms with Crippen LogP contribution in [0.15, 0.2) is 30.3 Å². The summed E-state index contributed by atoms with van der Waals surface area (Å²) in [5.74, 6) is -0.609. The van der Waals surface area contributed by atoms with Crippen molar-refractivity contribution in [3.8, 4) is 0 Å². The van der Waals surface area contributed by atoms with Gasteiger partial charge in [-0.1, -0.05) is 30.3 Å². The average Bonchev–Trinajstić information content (AvgIpc) is 3.06. The molecule has 2 aliphatic rings. The van der Waals surface area contributed by atoms with Crippen LogP contribution in [-0.4, -0.2) is 55.5 Å². The first-order valence-corrected chi connectivity index (χ1v) is 10.1. The molecular weight excluding hydrogens is 358 g/mol. The standard InChI is InChI=1S/C22H31NO5/c1-22(2)13-16(15-28-22)14-27-21(25)23-12-8-7-11-18(23)19(20(24)26-3)17-9-5-4-6-10-17/h4-6,9-10,16,18-19H,7-8,11-15H2,1-3H3. The molecule has 3 rings (SSSR count). The van der Waals surface area contributed by atoms with Gasteiger partial charge in [0.05, 0.1) is 32.0 Å². The molecule has 0 N–H and O–H groups in total. The molecule has 1 aromatic rings. The Hall–Kier alpha value is -2.08. The molecule has 1 aromatic carbocycles. The minimum Gasteiger partial charge on any atom is -0.468 e. The van der Waals surface area contributed by atoms with E-state index < -0.39 is 5.92 Å². The molecule has 1 amide bonds. The predicted molar refractivity (Wildman–Crippen MR) is 105 cm³/mol. The SMILES string of the molecule is COC(=O)C(c1ccccc1)C1CCCCN1C(=O)OCC1COC(C)(C)C1. The number of methoxy groups -OCH3 is 1. The maximum Gasteiger partial charge on any atom is 0.410 e. The topological polar surface area (TPSA) is 65.1 Å². The van der Waals surface area contributed by atoms with Gasteiger partial charge < -0.3 is 19.1 Å². The molecule has 2 fully saturated rings. The van der Waals surface area contributed by atoms with E-state index in [0.29, 0.717) is 19.8 Å². The van der Waals surface area contributed by atoms with Crippen molar-refractivity contribution in [2.75, 3.05) is 26.9 Å². The van der Waals surface area contributed by atoms with Crippen LogP contribution < -0.4 is 0 Å². The number of carbonyl (C=O) groups is 2. The van der Waals surface area contributed by atoms with Gasteiger partial charge in [-0.3, -0.25) is 4.79 Å². The molecule has 0 saturated carbocycles. The van der Waals surface area contributed by atoms with E-state index >= 15 is 0 Å². The number of rotatable bonds is 5. The van der Waals surface area contributed by atoms with Crippen molar-refractivity contribution in [3.63, 3.8) is 0 Å². The zero-order chi connectivity index (χ0) is 20.1. The summed E-state index contributed by atoms with van der Waals surface area (Å²) in [6.45, 7) is 5.65. The summed E-state index contributed by atoms with van der Waals surface area (Å²) in [7, 11) is 1.39. The molecule has 28 heavy (non-hydrogen) atoms. The summed E-state index contributed by atoms with van der Waals surface area (Å²) in [6, 6.07) is 9.29. The van der Waals surface area contributed by atoms with Crippen molar-refractivity contribution >= 4 is 12.1 Å². The number of amides is 1. The second-order valence-electron chi connectivity index (χ2n) is 8.39. The minimum absolute atomic E-state index is 0.159. The van der Waals surface area contributed by atoms with Gasteiger partial charge in [0.15, 0.2) is 0 Å². The lowest BCUT2D eigenvalue weighted by Crippen LogP contribution is -2.49. The highest BCUT2D eigenvalue weighted by Gasteiger charge is 2.40. The number of nitrogens with zero attached hydrogens (tertiary/aromatic N) is 1. The maximum atomic E-state index is 12.9. The molecule has 3 atom stereocenters. The Balaban J connectivity index is 1.71. The number of piperidine rings is 1. The zero-order valence-corrected chi connectivity index (χ0v) is 17.1. The van der Waals surface area contributed by atoms with E-state index in [1.165, 1.54) is 7.11 Å². The van der Waals surface area contributed by atoms with E-state index in [1.807, 2.05) is 30.3 Å². The van der Waals surface area contributed by atoms with Crippen molar-refractivity contribution in [2.24, 2.45) is 5.92 Å². The lowest BCUT2D eigenvalue weighted by Gasteiger charge is -2.38. The van der Waals surface area contributed by atoms with Crippen LogP contribution in [0, 0.1) is 5.92 Å². The van der Waals surface area contributed by atoms with Crippen molar-refractivity contribution in [1.29, 1.82) is 0 Å². The van der Waals surface area contributed by atoms with E-state index in [4.69, 9.17) is 14.2 Å². The number of carbonyl (C=O) groups excluding carboxylic acids is 2. The summed E-state index contributed by atoms with van der Waals surface area (Å²) in [4.78, 5) is 27.2. The first-order valence-electron chi connectivity index (χ1n) is 10.1. The van der Waals surface area contributed by atoms with Gasteiger partial charge in [0.1, 0.15) is 5.92 Å². The van der Waals surface area contributed by atoms with Crippen LogP contribution in [-0.2, 0) is 19.0 Å². The Bertz CT molecular complexity index is 675. The Labute approximate surface area is 167 Å². The first kappa shape index (κ1) is 20.6. The summed E-state index contributed by atoms with van der Waals surface area (Å²) in [5.41, 5.74) is 0.707. The van der Waals surface area contributed by atoms with Crippen LogP contribution in [0.3, 0.4) is 0 Å². The summed E-state index contributed by atoms with van der Waals surface area (Å²) < 4.78 is 16.4. The zero-order valence-electron chi connectivity index (χ0n) is 17.1. The number of hydrogen-bond donors (Lipinski definition) is 0. The normalized spacial score (nSPS) is 25.2. The monoisotopic (exact) mass is 389 g/mol. The average molecular weight is 389 g/mol. The van der Waals surface area contributed by atoms with Gasteiger partial charge in [-0.2, -0.15) is 0 Å². The molecule has 2 heterocycles. The number of hydrogen-bond acceptors (Lipinski definition) is 5. The lowest BCUT2D eigenvalue weighted by atomic mass is 9.85. The Morgan fingerprint density at radius 1 is 1.25 bits per heavy atom. The molecule has 2 saturated heterocycles. The third kappa shape index (κ3) is 4.85. The highest BCUT2D eigenvalue weighted by Crippen LogP contribution is 2.33. The summed E-state index contributed by atoms with van der Waals surface area (Å²) >= 11 is 0. The lowest BCUT2D eigenvalue weighted by molar-refractivity contribution is -0.144. The van der Waals surface area contributed by atoms with Crippen molar-refractivity contribution in [1.82, 2.24) is 4.90 Å². The highest BCUT2D eigenvalue weighted by molar-refractivity contribution is 5.80. The van der Waals surface area contributed by atoms with Crippen LogP contribution in [0.25, 0.3) is 0 Å². The molecule has 3 unspecified atom stereocenters. The van der Waals surface area contributed by atoms with Crippen LogP contribution in [0.1, 0.15) is 51.0 Å². The molecule has 6 nitrogen and oxygen atoms in total. The molecule has 0 radical (unpaired) electrons. The van der Waals surface area contributed by atoms with Crippen molar-refractivity contribution in [3.05, 3.63) is 35.9 Å². The summed E-state index contributed by atoms with van der Waals surface area (Å²) in [6.07, 6.45) is 3.16. The third-order valence-electron chi connectivity index (χ3n) is 5.71. The van der Waals surface area contributed by atoms with Crippen LogP contribution in [0.2, 0.25) is 0 Å². The second kappa shape index (κ2) is 8.95. The van der Waals surface area contributed by atoms with E-state index in [-0.39, 0.29) is 29.6 Å². The van der Waals surface area contributed by atoms with Gasteiger partial charge >= 0.3 is 12.1 Å². The molecule has 2 aliphatic heterocycles. The predicted octanol–water partition coefficient (Wildman–Crippen LogP) is 3.75. The van der Waals surface area contributed by atoms with E-state index in [9.17, 15) is 9.59 Å². The van der Waals surface area contributed by atoms with Gasteiger partial charge in [0.2, 0.25) is 0 Å². The fraction of sp³-hybridized carbons (Fsp3) is 0.636. The number of likely N-dealkylation sites (tertiary alicyclic amines) is 1. The number of benzene rings is 1. The van der Waals surface area contributed by atoms with E-state index in [0.717, 1.165) is 31.2 Å². The van der Waals surface area contributed by atoms with E-state index in [1.54, 1.807) is 4.90 Å². The van der Waals surface area contributed by atoms with Gasteiger partial charge in [0.25, 0.3) is 0 Å². The molecule has 0 spiro atoms. The fourth-order valence-corrected chi connectivity index (χ4v) is 4.37. The molecule has 0 bridgehead atoms. The quantitative estimate of drug-likeness (QED) is 0.718. The maximum absolute atomic E-state index is 12.9. The smallest absolute Gasteiger partial charge is 0.410 e. The fourth-order valence-electron chi connectivity index (χ4n) is 4.37. The van der Waals surface area contributed by atoms with Crippen molar-refractivity contribution < 1.29 is 23.8 Å². The second-order valence-corrected chi connectivity index (χ2v) is 8.39. The van der Waals surface area contributed by atoms with Gasteiger partial charge in [0, 0.05) is 12.5 Å². The Kier molecular flexibility index (Phi) is 6.60. The summed E-state index contributed by atoms with van der Waals surface area (Å²) in [5, 5.41) is 0.